The number of likely N-dealkylation sites (tertiary alicyclic amines) is 1. The number of aryl methyl sites for hydroxylation is 1. The number of benzene rings is 3. The molecule has 244 valence electrons. The van der Waals surface area contributed by atoms with Crippen LogP contribution in [0.5, 0.6) is 5.75 Å². The molecule has 0 spiro atoms. The molecule has 9 rings (SSSR count). The first kappa shape index (κ1) is 29.3. The Hall–Kier alpha value is -4.89. The molecule has 3 aromatic carbocycles. The Morgan fingerprint density at radius 2 is 1.88 bits per heavy atom. The maximum absolute atomic E-state index is 13.8. The maximum atomic E-state index is 13.8. The molecule has 2 amide bonds. The molecule has 0 radical (unpaired) electrons. The maximum Gasteiger partial charge on any atom is 0.254 e. The van der Waals surface area contributed by atoms with Crippen LogP contribution in [0, 0.1) is 11.8 Å². The van der Waals surface area contributed by atoms with Crippen LogP contribution in [0.3, 0.4) is 0 Å². The normalized spacial score (nSPS) is 22.2. The zero-order valence-corrected chi connectivity index (χ0v) is 27.5. The standard InChI is InChI=1S/C39H40N6O3/c1-22-13-14-43(38(22)46)29-6-4-5-24(15-29)25-9-10-26-18-33(44(32(26)17-25)20-23-7-8-23)37-41-30-16-28(19-34(48-3)36(30)42(37)2)39(47)45-21-27-11-12-31(45)35(27)40/h4-6,9-10,15-19,23,27,31,35H,1,7-8,11-14,20-21,40H2,2-3H3/t27?,31?,35-/m1/s1. The number of ether oxygens (including phenoxy) is 1. The molecule has 2 aromatic heterocycles. The van der Waals surface area contributed by atoms with Crippen LogP contribution in [-0.2, 0) is 18.4 Å². The van der Waals surface area contributed by atoms with Crippen molar-refractivity contribution in [3.05, 3.63) is 78.4 Å². The van der Waals surface area contributed by atoms with E-state index in [1.54, 1.807) is 7.11 Å². The van der Waals surface area contributed by atoms with Gasteiger partial charge in [0.25, 0.3) is 11.8 Å². The van der Waals surface area contributed by atoms with Crippen LogP contribution in [-0.4, -0.2) is 63.1 Å². The molecule has 9 nitrogen and oxygen atoms in total. The number of nitrogens with two attached hydrogens (primary N) is 1. The molecule has 4 fully saturated rings. The van der Waals surface area contributed by atoms with E-state index in [4.69, 9.17) is 15.5 Å². The molecule has 4 aliphatic rings. The summed E-state index contributed by atoms with van der Waals surface area (Å²) in [6.45, 7) is 6.23. The van der Waals surface area contributed by atoms with Gasteiger partial charge in [0.05, 0.1) is 18.3 Å². The van der Waals surface area contributed by atoms with E-state index in [0.29, 0.717) is 41.7 Å². The van der Waals surface area contributed by atoms with Gasteiger partial charge in [-0.2, -0.15) is 0 Å². The number of nitrogens with zero attached hydrogens (tertiary/aromatic N) is 5. The lowest BCUT2D eigenvalue weighted by Gasteiger charge is -2.27. The van der Waals surface area contributed by atoms with Gasteiger partial charge >= 0.3 is 0 Å². The molecule has 2 saturated heterocycles. The van der Waals surface area contributed by atoms with Crippen molar-refractivity contribution in [2.24, 2.45) is 24.6 Å². The van der Waals surface area contributed by atoms with Crippen LogP contribution in [0.4, 0.5) is 5.69 Å². The second-order valence-electron chi connectivity index (χ2n) is 14.2. The number of imidazole rings is 1. The first-order chi connectivity index (χ1) is 23.3. The fourth-order valence-corrected chi connectivity index (χ4v) is 8.39. The number of anilines is 1. The third-order valence-corrected chi connectivity index (χ3v) is 11.3. The molecule has 48 heavy (non-hydrogen) atoms. The minimum absolute atomic E-state index is 0.00327. The van der Waals surface area contributed by atoms with Crippen LogP contribution in [0.1, 0.15) is 42.5 Å². The van der Waals surface area contributed by atoms with E-state index >= 15 is 0 Å². The van der Waals surface area contributed by atoms with Crippen LogP contribution >= 0.6 is 0 Å². The van der Waals surface area contributed by atoms with Gasteiger partial charge in [-0.3, -0.25) is 9.59 Å². The molecular formula is C39H40N6O3. The van der Waals surface area contributed by atoms with Crippen LogP contribution in [0.2, 0.25) is 0 Å². The van der Waals surface area contributed by atoms with Crippen molar-refractivity contribution in [3.63, 3.8) is 0 Å². The largest absolute Gasteiger partial charge is 0.494 e. The summed E-state index contributed by atoms with van der Waals surface area (Å²) in [5.74, 6) is 2.51. The Bertz CT molecular complexity index is 2170. The fourth-order valence-electron chi connectivity index (χ4n) is 8.39. The number of hydrogen-bond acceptors (Lipinski definition) is 5. The molecule has 2 N–H and O–H groups in total. The average molecular weight is 641 g/mol. The number of hydrogen-bond donors (Lipinski definition) is 1. The number of carbonyl (C=O) groups is 2. The van der Waals surface area contributed by atoms with E-state index in [-0.39, 0.29) is 23.9 Å². The highest BCUT2D eigenvalue weighted by Gasteiger charge is 2.47. The number of piperidine rings is 1. The van der Waals surface area contributed by atoms with Gasteiger partial charge in [0.1, 0.15) is 11.3 Å². The average Bonchev–Trinajstić information content (AvgIpc) is 3.28. The predicted octanol–water partition coefficient (Wildman–Crippen LogP) is 6.14. The van der Waals surface area contributed by atoms with Crippen molar-refractivity contribution in [2.45, 2.75) is 50.7 Å². The first-order valence-electron chi connectivity index (χ1n) is 17.1. The fraction of sp³-hybridized carbons (Fsp3) is 0.359. The minimum Gasteiger partial charge on any atom is -0.494 e. The lowest BCUT2D eigenvalue weighted by Crippen LogP contribution is -2.41. The van der Waals surface area contributed by atoms with Gasteiger partial charge in [0, 0.05) is 66.5 Å². The van der Waals surface area contributed by atoms with Gasteiger partial charge in [-0.05, 0) is 91.5 Å². The summed E-state index contributed by atoms with van der Waals surface area (Å²) < 4.78 is 10.4. The summed E-state index contributed by atoms with van der Waals surface area (Å²) >= 11 is 0. The van der Waals surface area contributed by atoms with Crippen molar-refractivity contribution < 1.29 is 14.3 Å². The third-order valence-electron chi connectivity index (χ3n) is 11.3. The lowest BCUT2D eigenvalue weighted by atomic mass is 10.0. The van der Waals surface area contributed by atoms with Gasteiger partial charge in [-0.25, -0.2) is 4.98 Å². The molecule has 2 saturated carbocycles. The Labute approximate surface area is 279 Å². The van der Waals surface area contributed by atoms with Crippen molar-refractivity contribution in [1.29, 1.82) is 0 Å². The molecule has 2 aliphatic carbocycles. The summed E-state index contributed by atoms with van der Waals surface area (Å²) in [6.07, 6.45) is 5.21. The molecule has 2 unspecified atom stereocenters. The Morgan fingerprint density at radius 1 is 1.04 bits per heavy atom. The molecule has 9 heteroatoms. The second-order valence-corrected chi connectivity index (χ2v) is 14.2. The highest BCUT2D eigenvalue weighted by atomic mass is 16.5. The zero-order chi connectivity index (χ0) is 32.8. The number of carbonyl (C=O) groups excluding carboxylic acids is 2. The van der Waals surface area contributed by atoms with Crippen LogP contribution in [0.25, 0.3) is 44.6 Å². The smallest absolute Gasteiger partial charge is 0.254 e. The molecule has 3 atom stereocenters. The summed E-state index contributed by atoms with van der Waals surface area (Å²) in [4.78, 5) is 35.4. The Morgan fingerprint density at radius 3 is 2.58 bits per heavy atom. The highest BCUT2D eigenvalue weighted by Crippen LogP contribution is 2.41. The molecule has 2 aliphatic heterocycles. The van der Waals surface area contributed by atoms with E-state index in [1.165, 1.54) is 12.8 Å². The summed E-state index contributed by atoms with van der Waals surface area (Å²) in [6, 6.07) is 21.0. The third kappa shape index (κ3) is 4.51. The van der Waals surface area contributed by atoms with Crippen LogP contribution < -0.4 is 15.4 Å². The van der Waals surface area contributed by atoms with Gasteiger partial charge in [0.15, 0.2) is 5.82 Å². The number of rotatable bonds is 7. The van der Waals surface area contributed by atoms with E-state index in [0.717, 1.165) is 76.2 Å². The summed E-state index contributed by atoms with van der Waals surface area (Å²) in [5.41, 5.74) is 14.6. The van der Waals surface area contributed by atoms with Gasteiger partial charge in [0.2, 0.25) is 0 Å². The van der Waals surface area contributed by atoms with Crippen molar-refractivity contribution >= 4 is 39.4 Å². The Balaban J connectivity index is 1.12. The monoisotopic (exact) mass is 640 g/mol. The molecule has 2 bridgehead atoms. The van der Waals surface area contributed by atoms with Crippen molar-refractivity contribution in [1.82, 2.24) is 19.0 Å². The predicted molar refractivity (Wildman–Crippen MR) is 188 cm³/mol. The van der Waals surface area contributed by atoms with Crippen LogP contribution in [0.15, 0.2) is 72.8 Å². The Kier molecular flexibility index (Phi) is 6.60. The number of fused-ring (bicyclic) bond motifs is 4. The quantitative estimate of drug-likeness (QED) is 0.216. The van der Waals surface area contributed by atoms with Crippen molar-refractivity contribution in [3.8, 4) is 28.4 Å². The number of amides is 2. The first-order valence-corrected chi connectivity index (χ1v) is 17.1. The van der Waals surface area contributed by atoms with E-state index < -0.39 is 0 Å². The SMILES string of the molecule is C=C1CCN(c2cccc(-c3ccc4cc(-c5nc6cc(C(=O)N7CC8CCC7[C@@H]8N)cc(OC)c6n5C)n(CC5CC5)c4c3)c2)C1=O. The second kappa shape index (κ2) is 10.8. The van der Waals surface area contributed by atoms with E-state index in [1.807, 2.05) is 41.1 Å². The van der Waals surface area contributed by atoms with E-state index in [9.17, 15) is 9.59 Å². The lowest BCUT2D eigenvalue weighted by molar-refractivity contribution is -0.114. The van der Waals surface area contributed by atoms with Gasteiger partial charge in [-0.15, -0.1) is 0 Å². The summed E-state index contributed by atoms with van der Waals surface area (Å²) in [7, 11) is 3.68. The zero-order valence-electron chi connectivity index (χ0n) is 27.5. The molecular weight excluding hydrogens is 600 g/mol. The summed E-state index contributed by atoms with van der Waals surface area (Å²) in [5, 5.41) is 1.15. The van der Waals surface area contributed by atoms with Gasteiger partial charge in [-0.1, -0.05) is 30.8 Å². The van der Waals surface area contributed by atoms with Crippen molar-refractivity contribution in [2.75, 3.05) is 25.1 Å². The minimum atomic E-state index is 0.00327. The number of methoxy groups -OCH3 is 1. The molecule has 4 heterocycles. The van der Waals surface area contributed by atoms with E-state index in [2.05, 4.69) is 52.1 Å². The van der Waals surface area contributed by atoms with Gasteiger partial charge < -0.3 is 29.4 Å². The highest BCUT2D eigenvalue weighted by molar-refractivity contribution is 6.08. The molecule has 5 aromatic rings. The number of aromatic nitrogens is 3. The topological polar surface area (TPSA) is 98.6 Å².